The molecule has 0 spiro atoms. The number of benzene rings is 1. The molecule has 1 heterocycles. The second-order valence-corrected chi connectivity index (χ2v) is 3.60. The highest BCUT2D eigenvalue weighted by atomic mass is 16.6. The molecule has 7 nitrogen and oxygen atoms in total. The van der Waals surface area contributed by atoms with Gasteiger partial charge in [-0.1, -0.05) is 6.07 Å². The van der Waals surface area contributed by atoms with Gasteiger partial charge in [0.15, 0.2) is 0 Å². The summed E-state index contributed by atoms with van der Waals surface area (Å²) in [7, 11) is 0. The van der Waals surface area contributed by atoms with Crippen molar-refractivity contribution in [1.29, 1.82) is 0 Å². The van der Waals surface area contributed by atoms with E-state index in [0.717, 1.165) is 0 Å². The molecule has 19 heavy (non-hydrogen) atoms. The van der Waals surface area contributed by atoms with Crippen molar-refractivity contribution in [2.24, 2.45) is 0 Å². The van der Waals surface area contributed by atoms with Gasteiger partial charge in [0.1, 0.15) is 5.82 Å². The first-order valence-corrected chi connectivity index (χ1v) is 5.38. The number of carbonyl (C=O) groups excluding carboxylic acids is 1. The standard InChI is InChI=1S/C12H10N4O3/c17-12(15-11-3-1-2-8-13-11)14-9-4-6-10(7-5-9)16(18)19/h1-8H,(H2,13,14,15,17). The zero-order valence-electron chi connectivity index (χ0n) is 9.74. The van der Waals surface area contributed by atoms with Crippen molar-refractivity contribution in [3.05, 3.63) is 58.8 Å². The summed E-state index contributed by atoms with van der Waals surface area (Å²) in [5.41, 5.74) is 0.426. The highest BCUT2D eigenvalue weighted by Gasteiger charge is 2.06. The maximum absolute atomic E-state index is 11.6. The Hall–Kier alpha value is -2.96. The molecule has 0 saturated carbocycles. The minimum absolute atomic E-state index is 0.0318. The number of hydrogen-bond donors (Lipinski definition) is 2. The fourth-order valence-corrected chi connectivity index (χ4v) is 1.38. The second kappa shape index (κ2) is 5.58. The molecule has 0 bridgehead atoms. The molecule has 0 aliphatic carbocycles. The van der Waals surface area contributed by atoms with Crippen LogP contribution in [0, 0.1) is 10.1 Å². The number of anilines is 2. The summed E-state index contributed by atoms with van der Waals surface area (Å²) in [4.78, 5) is 25.5. The van der Waals surface area contributed by atoms with Crippen LogP contribution in [0.4, 0.5) is 22.0 Å². The fourth-order valence-electron chi connectivity index (χ4n) is 1.38. The van der Waals surface area contributed by atoms with Gasteiger partial charge in [-0.2, -0.15) is 0 Å². The molecule has 0 atom stereocenters. The Morgan fingerprint density at radius 1 is 1.11 bits per heavy atom. The third kappa shape index (κ3) is 3.50. The van der Waals surface area contributed by atoms with E-state index in [0.29, 0.717) is 11.5 Å². The minimum Gasteiger partial charge on any atom is -0.308 e. The Labute approximate surface area is 108 Å². The second-order valence-electron chi connectivity index (χ2n) is 3.60. The molecule has 2 amide bonds. The lowest BCUT2D eigenvalue weighted by Gasteiger charge is -2.06. The van der Waals surface area contributed by atoms with E-state index in [1.807, 2.05) is 0 Å². The van der Waals surface area contributed by atoms with E-state index in [9.17, 15) is 14.9 Å². The normalized spacial score (nSPS) is 9.68. The highest BCUT2D eigenvalue weighted by Crippen LogP contribution is 2.15. The fraction of sp³-hybridized carbons (Fsp3) is 0. The highest BCUT2D eigenvalue weighted by molar-refractivity contribution is 5.99. The maximum Gasteiger partial charge on any atom is 0.324 e. The van der Waals surface area contributed by atoms with Crippen LogP contribution in [0.15, 0.2) is 48.7 Å². The number of aromatic nitrogens is 1. The number of hydrogen-bond acceptors (Lipinski definition) is 4. The molecule has 1 aromatic carbocycles. The Morgan fingerprint density at radius 3 is 2.42 bits per heavy atom. The molecule has 0 unspecified atom stereocenters. The number of urea groups is 1. The molecule has 0 aliphatic heterocycles. The number of carbonyl (C=O) groups is 1. The van der Waals surface area contributed by atoms with Gasteiger partial charge in [-0.25, -0.2) is 9.78 Å². The number of nitro groups is 1. The lowest BCUT2D eigenvalue weighted by Crippen LogP contribution is -2.19. The number of non-ortho nitro benzene ring substituents is 1. The molecule has 1 aromatic heterocycles. The quantitative estimate of drug-likeness (QED) is 0.653. The van der Waals surface area contributed by atoms with Crippen molar-refractivity contribution in [3.8, 4) is 0 Å². The lowest BCUT2D eigenvalue weighted by atomic mass is 10.3. The van der Waals surface area contributed by atoms with Crippen LogP contribution in [0.2, 0.25) is 0 Å². The van der Waals surface area contributed by atoms with E-state index in [1.165, 1.54) is 24.3 Å². The predicted molar refractivity (Wildman–Crippen MR) is 70.0 cm³/mol. The van der Waals surface area contributed by atoms with Gasteiger partial charge in [0.05, 0.1) is 4.92 Å². The Balaban J connectivity index is 1.97. The lowest BCUT2D eigenvalue weighted by molar-refractivity contribution is -0.384. The van der Waals surface area contributed by atoms with Crippen molar-refractivity contribution in [1.82, 2.24) is 4.98 Å². The number of pyridine rings is 1. The molecular weight excluding hydrogens is 248 g/mol. The molecular formula is C12H10N4O3. The topological polar surface area (TPSA) is 97.2 Å². The van der Waals surface area contributed by atoms with Gasteiger partial charge in [0, 0.05) is 24.0 Å². The first kappa shape index (κ1) is 12.5. The van der Waals surface area contributed by atoms with Crippen LogP contribution in [0.1, 0.15) is 0 Å². The largest absolute Gasteiger partial charge is 0.324 e. The van der Waals surface area contributed by atoms with E-state index >= 15 is 0 Å². The van der Waals surface area contributed by atoms with Crippen LogP contribution in [0.5, 0.6) is 0 Å². The summed E-state index contributed by atoms with van der Waals surface area (Å²) < 4.78 is 0. The summed E-state index contributed by atoms with van der Waals surface area (Å²) >= 11 is 0. The van der Waals surface area contributed by atoms with E-state index in [1.54, 1.807) is 24.4 Å². The zero-order valence-corrected chi connectivity index (χ0v) is 9.74. The molecule has 0 saturated heterocycles. The third-order valence-corrected chi connectivity index (χ3v) is 2.24. The van der Waals surface area contributed by atoms with Gasteiger partial charge in [0.2, 0.25) is 0 Å². The molecule has 0 aliphatic rings. The van der Waals surface area contributed by atoms with Crippen molar-refractivity contribution in [2.45, 2.75) is 0 Å². The Morgan fingerprint density at radius 2 is 1.84 bits per heavy atom. The van der Waals surface area contributed by atoms with E-state index in [4.69, 9.17) is 0 Å². The molecule has 96 valence electrons. The Kier molecular flexibility index (Phi) is 3.67. The molecule has 0 radical (unpaired) electrons. The minimum atomic E-state index is -0.502. The average Bonchev–Trinajstić information content (AvgIpc) is 2.40. The van der Waals surface area contributed by atoms with Crippen LogP contribution < -0.4 is 10.6 Å². The maximum atomic E-state index is 11.6. The number of nitrogens with one attached hydrogen (secondary N) is 2. The van der Waals surface area contributed by atoms with Crippen molar-refractivity contribution in [3.63, 3.8) is 0 Å². The summed E-state index contributed by atoms with van der Waals surface area (Å²) in [6.07, 6.45) is 1.56. The van der Waals surface area contributed by atoms with Gasteiger partial charge in [0.25, 0.3) is 5.69 Å². The number of nitrogens with zero attached hydrogens (tertiary/aromatic N) is 2. The van der Waals surface area contributed by atoms with Gasteiger partial charge in [-0.05, 0) is 24.3 Å². The first-order chi connectivity index (χ1) is 9.15. The monoisotopic (exact) mass is 258 g/mol. The van der Waals surface area contributed by atoms with Crippen LogP contribution in [-0.4, -0.2) is 15.9 Å². The SMILES string of the molecule is O=C(Nc1ccc([N+](=O)[O-])cc1)Nc1ccccn1. The van der Waals surface area contributed by atoms with Crippen molar-refractivity contribution in [2.75, 3.05) is 10.6 Å². The van der Waals surface area contributed by atoms with Crippen molar-refractivity contribution >= 4 is 23.2 Å². The van der Waals surface area contributed by atoms with Gasteiger partial charge < -0.3 is 5.32 Å². The average molecular weight is 258 g/mol. The van der Waals surface area contributed by atoms with Gasteiger partial charge in [-0.3, -0.25) is 15.4 Å². The smallest absolute Gasteiger partial charge is 0.308 e. The Bertz CT molecular complexity index is 584. The van der Waals surface area contributed by atoms with E-state index < -0.39 is 11.0 Å². The predicted octanol–water partition coefficient (Wildman–Crippen LogP) is 2.63. The molecule has 2 aromatic rings. The van der Waals surface area contributed by atoms with Crippen LogP contribution in [-0.2, 0) is 0 Å². The summed E-state index contributed by atoms with van der Waals surface area (Å²) in [6.45, 7) is 0. The number of nitro benzene ring substituents is 1. The van der Waals surface area contributed by atoms with Gasteiger partial charge >= 0.3 is 6.03 Å². The van der Waals surface area contributed by atoms with Crippen LogP contribution in [0.25, 0.3) is 0 Å². The number of rotatable bonds is 3. The summed E-state index contributed by atoms with van der Waals surface area (Å²) in [5.74, 6) is 0.418. The third-order valence-electron chi connectivity index (χ3n) is 2.24. The first-order valence-electron chi connectivity index (χ1n) is 5.38. The van der Waals surface area contributed by atoms with E-state index in [-0.39, 0.29) is 5.69 Å². The summed E-state index contributed by atoms with van der Waals surface area (Å²) in [6, 6.07) is 10.2. The molecule has 7 heteroatoms. The van der Waals surface area contributed by atoms with Crippen molar-refractivity contribution < 1.29 is 9.72 Å². The van der Waals surface area contributed by atoms with Gasteiger partial charge in [-0.15, -0.1) is 0 Å². The molecule has 2 N–H and O–H groups in total. The van der Waals surface area contributed by atoms with E-state index in [2.05, 4.69) is 15.6 Å². The summed E-state index contributed by atoms with van der Waals surface area (Å²) in [5, 5.41) is 15.5. The van der Waals surface area contributed by atoms with Crippen LogP contribution in [0.3, 0.4) is 0 Å². The molecule has 2 rings (SSSR count). The van der Waals surface area contributed by atoms with Crippen LogP contribution >= 0.6 is 0 Å². The zero-order chi connectivity index (χ0) is 13.7. The molecule has 0 fully saturated rings. The number of amides is 2.